The predicted octanol–water partition coefficient (Wildman–Crippen LogP) is 1.62. The topological polar surface area (TPSA) is 52.2 Å². The lowest BCUT2D eigenvalue weighted by Gasteiger charge is -2.25. The van der Waals surface area contributed by atoms with Crippen LogP contribution in [0.1, 0.15) is 39.1 Å². The minimum absolute atomic E-state index is 0.0401. The number of hydrogen-bond donors (Lipinski definition) is 1. The molecular formula is C14H26N4O. The highest BCUT2D eigenvalue weighted by atomic mass is 16.2. The summed E-state index contributed by atoms with van der Waals surface area (Å²) in [5.41, 5.74) is 2.12. The van der Waals surface area contributed by atoms with Gasteiger partial charge in [-0.15, -0.1) is 0 Å². The molecule has 0 aliphatic heterocycles. The highest BCUT2D eigenvalue weighted by Gasteiger charge is 2.22. The van der Waals surface area contributed by atoms with E-state index >= 15 is 0 Å². The van der Waals surface area contributed by atoms with Gasteiger partial charge in [-0.1, -0.05) is 20.8 Å². The third kappa shape index (κ3) is 4.06. The molecule has 5 heteroatoms. The lowest BCUT2D eigenvalue weighted by Crippen LogP contribution is -2.42. The standard InChI is InChI=1S/C14H26N4O/c1-10(13(19)17(5)6)18(7)9-11-8-12(16-15-11)14(2,3)4/h8,10H,9H2,1-7H3,(H,15,16). The zero-order valence-electron chi connectivity index (χ0n) is 13.1. The van der Waals surface area contributed by atoms with Crippen molar-refractivity contribution in [3.63, 3.8) is 0 Å². The average Bonchev–Trinajstić information content (AvgIpc) is 2.74. The Hall–Kier alpha value is -1.36. The van der Waals surface area contributed by atoms with Gasteiger partial charge < -0.3 is 4.90 Å². The van der Waals surface area contributed by atoms with Crippen LogP contribution in [-0.2, 0) is 16.8 Å². The molecule has 108 valence electrons. The molecule has 1 atom stereocenters. The van der Waals surface area contributed by atoms with Crippen LogP contribution in [-0.4, -0.2) is 53.1 Å². The number of aromatic amines is 1. The highest BCUT2D eigenvalue weighted by molar-refractivity contribution is 5.80. The van der Waals surface area contributed by atoms with Gasteiger partial charge in [0.1, 0.15) is 0 Å². The quantitative estimate of drug-likeness (QED) is 0.901. The number of likely N-dealkylation sites (N-methyl/N-ethyl adjacent to an activating group) is 2. The molecule has 0 aliphatic rings. The summed E-state index contributed by atoms with van der Waals surface area (Å²) in [6.07, 6.45) is 0. The maximum absolute atomic E-state index is 11.9. The second-order valence-electron chi connectivity index (χ2n) is 6.35. The molecule has 1 aromatic heterocycles. The molecule has 0 fully saturated rings. The minimum Gasteiger partial charge on any atom is -0.347 e. The van der Waals surface area contributed by atoms with Gasteiger partial charge in [0.2, 0.25) is 5.91 Å². The first-order valence-electron chi connectivity index (χ1n) is 6.59. The SMILES string of the molecule is CC(C(=O)N(C)C)N(C)Cc1cc(C(C)(C)C)n[nH]1. The van der Waals surface area contributed by atoms with Crippen molar-refractivity contribution in [3.8, 4) is 0 Å². The molecule has 19 heavy (non-hydrogen) atoms. The van der Waals surface area contributed by atoms with Crippen molar-refractivity contribution in [2.24, 2.45) is 0 Å². The van der Waals surface area contributed by atoms with E-state index < -0.39 is 0 Å². The number of carbonyl (C=O) groups excluding carboxylic acids is 1. The molecule has 1 N–H and O–H groups in total. The molecule has 0 bridgehead atoms. The van der Waals surface area contributed by atoms with Gasteiger partial charge in [0.15, 0.2) is 0 Å². The molecular weight excluding hydrogens is 240 g/mol. The zero-order chi connectivity index (χ0) is 14.8. The first kappa shape index (κ1) is 15.7. The molecule has 1 heterocycles. The van der Waals surface area contributed by atoms with E-state index in [1.807, 2.05) is 18.9 Å². The van der Waals surface area contributed by atoms with Crippen molar-refractivity contribution >= 4 is 5.91 Å². The van der Waals surface area contributed by atoms with E-state index in [4.69, 9.17) is 0 Å². The van der Waals surface area contributed by atoms with Gasteiger partial charge in [-0.25, -0.2) is 0 Å². The Bertz CT molecular complexity index is 431. The average molecular weight is 266 g/mol. The molecule has 0 aliphatic carbocycles. The summed E-state index contributed by atoms with van der Waals surface area (Å²) < 4.78 is 0. The molecule has 1 rings (SSSR count). The van der Waals surface area contributed by atoms with Crippen LogP contribution in [0.4, 0.5) is 0 Å². The number of hydrogen-bond acceptors (Lipinski definition) is 3. The van der Waals surface area contributed by atoms with E-state index in [1.165, 1.54) is 0 Å². The maximum atomic E-state index is 11.9. The van der Waals surface area contributed by atoms with Crippen molar-refractivity contribution in [3.05, 3.63) is 17.5 Å². The predicted molar refractivity (Wildman–Crippen MR) is 76.9 cm³/mol. The number of nitrogens with one attached hydrogen (secondary N) is 1. The van der Waals surface area contributed by atoms with Crippen molar-refractivity contribution < 1.29 is 4.79 Å². The van der Waals surface area contributed by atoms with E-state index in [0.717, 1.165) is 11.4 Å². The maximum Gasteiger partial charge on any atom is 0.239 e. The Morgan fingerprint density at radius 2 is 1.95 bits per heavy atom. The van der Waals surface area contributed by atoms with Crippen LogP contribution in [0, 0.1) is 0 Å². The molecule has 5 nitrogen and oxygen atoms in total. The number of H-pyrrole nitrogens is 1. The van der Waals surface area contributed by atoms with Crippen molar-refractivity contribution in [1.82, 2.24) is 20.0 Å². The summed E-state index contributed by atoms with van der Waals surface area (Å²) in [4.78, 5) is 15.5. The smallest absolute Gasteiger partial charge is 0.239 e. The van der Waals surface area contributed by atoms with E-state index in [1.54, 1.807) is 19.0 Å². The Labute approximate surface area is 116 Å². The second kappa shape index (κ2) is 5.74. The number of aromatic nitrogens is 2. The molecule has 0 spiro atoms. The van der Waals surface area contributed by atoms with Crippen LogP contribution in [0.25, 0.3) is 0 Å². The van der Waals surface area contributed by atoms with Gasteiger partial charge in [-0.05, 0) is 20.0 Å². The van der Waals surface area contributed by atoms with Crippen LogP contribution >= 0.6 is 0 Å². The van der Waals surface area contributed by atoms with Crippen LogP contribution in [0.2, 0.25) is 0 Å². The highest BCUT2D eigenvalue weighted by Crippen LogP contribution is 2.20. The van der Waals surface area contributed by atoms with Gasteiger partial charge in [0.25, 0.3) is 0 Å². The molecule has 0 radical (unpaired) electrons. The van der Waals surface area contributed by atoms with Crippen molar-refractivity contribution in [1.29, 1.82) is 0 Å². The van der Waals surface area contributed by atoms with Crippen LogP contribution < -0.4 is 0 Å². The number of carbonyl (C=O) groups is 1. The molecule has 1 aromatic rings. The van der Waals surface area contributed by atoms with E-state index in [2.05, 4.69) is 37.0 Å². The summed E-state index contributed by atoms with van der Waals surface area (Å²) in [7, 11) is 5.50. The number of amides is 1. The molecule has 1 unspecified atom stereocenters. The first-order chi connectivity index (χ1) is 8.62. The Morgan fingerprint density at radius 1 is 1.37 bits per heavy atom. The fraction of sp³-hybridized carbons (Fsp3) is 0.714. The van der Waals surface area contributed by atoms with Crippen molar-refractivity contribution in [2.75, 3.05) is 21.1 Å². The normalized spacial score (nSPS) is 13.7. The zero-order valence-corrected chi connectivity index (χ0v) is 13.1. The third-order valence-corrected chi connectivity index (χ3v) is 3.28. The van der Waals surface area contributed by atoms with Crippen molar-refractivity contribution in [2.45, 2.75) is 45.7 Å². The lowest BCUT2D eigenvalue weighted by atomic mass is 9.92. The van der Waals surface area contributed by atoms with Gasteiger partial charge in [0.05, 0.1) is 11.7 Å². The monoisotopic (exact) mass is 266 g/mol. The van der Waals surface area contributed by atoms with Gasteiger partial charge in [-0.2, -0.15) is 5.10 Å². The molecule has 1 amide bonds. The fourth-order valence-electron chi connectivity index (χ4n) is 1.79. The summed E-state index contributed by atoms with van der Waals surface area (Å²) in [5.74, 6) is 0.109. The molecule has 0 saturated carbocycles. The van der Waals surface area contributed by atoms with Gasteiger partial charge in [0, 0.05) is 31.7 Å². The van der Waals surface area contributed by atoms with Crippen LogP contribution in [0.3, 0.4) is 0 Å². The summed E-state index contributed by atoms with van der Waals surface area (Å²) in [6, 6.07) is 1.93. The fourth-order valence-corrected chi connectivity index (χ4v) is 1.79. The summed E-state index contributed by atoms with van der Waals surface area (Å²) >= 11 is 0. The summed E-state index contributed by atoms with van der Waals surface area (Å²) in [5, 5.41) is 7.38. The van der Waals surface area contributed by atoms with Crippen LogP contribution in [0.15, 0.2) is 6.07 Å². The van der Waals surface area contributed by atoms with E-state index in [0.29, 0.717) is 6.54 Å². The molecule has 0 aromatic carbocycles. The lowest BCUT2D eigenvalue weighted by molar-refractivity contribution is -0.133. The van der Waals surface area contributed by atoms with E-state index in [9.17, 15) is 4.79 Å². The minimum atomic E-state index is -0.142. The first-order valence-corrected chi connectivity index (χ1v) is 6.59. The summed E-state index contributed by atoms with van der Waals surface area (Å²) in [6.45, 7) is 9.01. The Balaban J connectivity index is 2.70. The van der Waals surface area contributed by atoms with Gasteiger partial charge in [-0.3, -0.25) is 14.8 Å². The number of nitrogens with zero attached hydrogens (tertiary/aromatic N) is 3. The Morgan fingerprint density at radius 3 is 2.37 bits per heavy atom. The van der Waals surface area contributed by atoms with Gasteiger partial charge >= 0.3 is 0 Å². The largest absolute Gasteiger partial charge is 0.347 e. The Kier molecular flexibility index (Phi) is 4.74. The van der Waals surface area contributed by atoms with E-state index in [-0.39, 0.29) is 17.4 Å². The second-order valence-corrected chi connectivity index (χ2v) is 6.35. The number of rotatable bonds is 4. The van der Waals surface area contributed by atoms with Crippen LogP contribution in [0.5, 0.6) is 0 Å². The third-order valence-electron chi connectivity index (χ3n) is 3.28. The molecule has 0 saturated heterocycles.